The lowest BCUT2D eigenvalue weighted by atomic mass is 10.3. The van der Waals surface area contributed by atoms with Crippen LogP contribution in [0, 0.1) is 0 Å². The van der Waals surface area contributed by atoms with Crippen molar-refractivity contribution in [3.05, 3.63) is 0 Å². The molecule has 9 heteroatoms. The van der Waals surface area contributed by atoms with Crippen LogP contribution < -0.4 is 5.32 Å². The maximum atomic E-state index is 11.9. The lowest BCUT2D eigenvalue weighted by molar-refractivity contribution is -0.228. The third-order valence-electron chi connectivity index (χ3n) is 2.53. The third kappa shape index (κ3) is 10.8. The number of alkyl halides is 3. The van der Waals surface area contributed by atoms with Crippen LogP contribution in [0.1, 0.15) is 20.8 Å². The van der Waals surface area contributed by atoms with Crippen molar-refractivity contribution in [1.82, 2.24) is 5.32 Å². The summed E-state index contributed by atoms with van der Waals surface area (Å²) in [4.78, 5) is 10.5. The fourth-order valence-electron chi connectivity index (χ4n) is 1.21. The average Bonchev–Trinajstić information content (AvgIpc) is 2.42. The van der Waals surface area contributed by atoms with Gasteiger partial charge in [0.2, 0.25) is 0 Å². The highest BCUT2D eigenvalue weighted by atomic mass is 19.4. The minimum absolute atomic E-state index is 0.0345. The van der Waals surface area contributed by atoms with Gasteiger partial charge in [-0.15, -0.1) is 0 Å². The van der Waals surface area contributed by atoms with Gasteiger partial charge in [-0.2, -0.15) is 13.2 Å². The van der Waals surface area contributed by atoms with Gasteiger partial charge in [0.15, 0.2) is 5.79 Å². The second-order valence-corrected chi connectivity index (χ2v) is 4.97. The van der Waals surface area contributed by atoms with Crippen LogP contribution in [0.15, 0.2) is 0 Å². The van der Waals surface area contributed by atoms with Gasteiger partial charge < -0.3 is 24.3 Å². The zero-order valence-electron chi connectivity index (χ0n) is 13.3. The highest BCUT2D eigenvalue weighted by Gasteiger charge is 2.38. The molecular weight excluding hydrogens is 307 g/mol. The van der Waals surface area contributed by atoms with Crippen molar-refractivity contribution < 1.29 is 36.9 Å². The Balaban J connectivity index is 3.62. The fourth-order valence-corrected chi connectivity index (χ4v) is 1.21. The Kier molecular flexibility index (Phi) is 9.58. The van der Waals surface area contributed by atoms with E-state index < -0.39 is 17.9 Å². The van der Waals surface area contributed by atoms with E-state index in [1.165, 1.54) is 0 Å². The molecule has 1 unspecified atom stereocenters. The molecule has 0 saturated carbocycles. The minimum Gasteiger partial charge on any atom is -0.379 e. The van der Waals surface area contributed by atoms with Gasteiger partial charge in [-0.1, -0.05) is 0 Å². The maximum absolute atomic E-state index is 11.9. The summed E-state index contributed by atoms with van der Waals surface area (Å²) in [6, 6.07) is 0. The van der Waals surface area contributed by atoms with Crippen molar-refractivity contribution in [3.8, 4) is 0 Å². The first-order chi connectivity index (χ1) is 10.1. The summed E-state index contributed by atoms with van der Waals surface area (Å²) in [5.74, 6) is -2.80. The number of nitrogens with one attached hydrogen (secondary N) is 1. The molecule has 0 radical (unpaired) electrons. The van der Waals surface area contributed by atoms with E-state index in [0.29, 0.717) is 6.61 Å². The normalized spacial score (nSPS) is 14.0. The van der Waals surface area contributed by atoms with Crippen LogP contribution >= 0.6 is 0 Å². The number of carbonyl (C=O) groups is 1. The van der Waals surface area contributed by atoms with Crippen LogP contribution in [-0.2, 0) is 23.7 Å². The maximum Gasteiger partial charge on any atom is 0.471 e. The molecule has 0 aromatic rings. The predicted molar refractivity (Wildman–Crippen MR) is 72.3 cm³/mol. The zero-order chi connectivity index (χ0) is 17.2. The highest BCUT2D eigenvalue weighted by molar-refractivity contribution is 5.81. The lowest BCUT2D eigenvalue weighted by Crippen LogP contribution is -2.38. The van der Waals surface area contributed by atoms with Gasteiger partial charge in [-0.25, -0.2) is 0 Å². The molecule has 0 aliphatic carbocycles. The van der Waals surface area contributed by atoms with Crippen LogP contribution in [0.2, 0.25) is 0 Å². The second-order valence-electron chi connectivity index (χ2n) is 4.97. The number of amides is 1. The summed E-state index contributed by atoms with van der Waals surface area (Å²) in [5.41, 5.74) is 0. The van der Waals surface area contributed by atoms with Gasteiger partial charge in [0.1, 0.15) is 0 Å². The molecule has 132 valence electrons. The Hall–Kier alpha value is -0.900. The van der Waals surface area contributed by atoms with E-state index in [0.717, 1.165) is 0 Å². The smallest absolute Gasteiger partial charge is 0.379 e. The average molecular weight is 331 g/mol. The Bertz CT molecular complexity index is 323. The SMILES string of the molecule is COC(C)COC(C)(C)OCCOCCNC(=O)C(F)(F)F. The molecular formula is C13H24F3NO5. The number of carbonyl (C=O) groups excluding carboxylic acids is 1. The minimum atomic E-state index is -4.87. The molecule has 0 aromatic heterocycles. The van der Waals surface area contributed by atoms with Gasteiger partial charge >= 0.3 is 12.1 Å². The molecule has 0 saturated heterocycles. The van der Waals surface area contributed by atoms with Crippen molar-refractivity contribution in [1.29, 1.82) is 0 Å². The van der Waals surface area contributed by atoms with E-state index >= 15 is 0 Å². The molecule has 0 aliphatic rings. The summed E-state index contributed by atoms with van der Waals surface area (Å²) >= 11 is 0. The fraction of sp³-hybridized carbons (Fsp3) is 0.923. The topological polar surface area (TPSA) is 66.0 Å². The number of rotatable bonds is 11. The first kappa shape index (κ1) is 21.1. The predicted octanol–water partition coefficient (Wildman–Crippen LogP) is 1.49. The first-order valence-corrected chi connectivity index (χ1v) is 6.82. The quantitative estimate of drug-likeness (QED) is 0.459. The van der Waals surface area contributed by atoms with E-state index in [-0.39, 0.29) is 32.5 Å². The van der Waals surface area contributed by atoms with E-state index in [1.807, 2.05) is 6.92 Å². The Morgan fingerprint density at radius 1 is 1.14 bits per heavy atom. The second kappa shape index (κ2) is 9.98. The van der Waals surface area contributed by atoms with Gasteiger partial charge in [-0.3, -0.25) is 4.79 Å². The van der Waals surface area contributed by atoms with Crippen LogP contribution in [0.4, 0.5) is 13.2 Å². The van der Waals surface area contributed by atoms with E-state index in [1.54, 1.807) is 26.3 Å². The molecule has 0 bridgehead atoms. The monoisotopic (exact) mass is 331 g/mol. The molecule has 1 amide bonds. The molecule has 0 fully saturated rings. The van der Waals surface area contributed by atoms with Crippen molar-refractivity contribution in [3.63, 3.8) is 0 Å². The summed E-state index contributed by atoms with van der Waals surface area (Å²) in [6.45, 7) is 5.83. The lowest BCUT2D eigenvalue weighted by Gasteiger charge is -2.27. The van der Waals surface area contributed by atoms with E-state index in [4.69, 9.17) is 18.9 Å². The number of methoxy groups -OCH3 is 1. The molecule has 22 heavy (non-hydrogen) atoms. The van der Waals surface area contributed by atoms with Crippen molar-refractivity contribution >= 4 is 5.91 Å². The molecule has 0 spiro atoms. The number of hydrogen-bond donors (Lipinski definition) is 1. The molecule has 1 atom stereocenters. The third-order valence-corrected chi connectivity index (χ3v) is 2.53. The van der Waals surface area contributed by atoms with Crippen LogP contribution in [0.25, 0.3) is 0 Å². The summed E-state index contributed by atoms with van der Waals surface area (Å²) in [7, 11) is 1.58. The first-order valence-electron chi connectivity index (χ1n) is 6.82. The largest absolute Gasteiger partial charge is 0.471 e. The van der Waals surface area contributed by atoms with Gasteiger partial charge in [0, 0.05) is 13.7 Å². The van der Waals surface area contributed by atoms with Crippen molar-refractivity contribution in [2.24, 2.45) is 0 Å². The highest BCUT2D eigenvalue weighted by Crippen LogP contribution is 2.14. The summed E-state index contributed by atoms with van der Waals surface area (Å²) < 4.78 is 56.6. The number of hydrogen-bond acceptors (Lipinski definition) is 5. The molecule has 6 nitrogen and oxygen atoms in total. The Morgan fingerprint density at radius 2 is 1.77 bits per heavy atom. The van der Waals surface area contributed by atoms with Gasteiger partial charge in [-0.05, 0) is 20.8 Å². The van der Waals surface area contributed by atoms with E-state index in [9.17, 15) is 18.0 Å². The van der Waals surface area contributed by atoms with Gasteiger partial charge in [0.05, 0.1) is 32.5 Å². The van der Waals surface area contributed by atoms with Crippen molar-refractivity contribution in [2.45, 2.75) is 38.8 Å². The number of halogens is 3. The standard InChI is InChI=1S/C13H24F3NO5/c1-10(19-4)9-22-12(2,3)21-8-7-20-6-5-17-11(18)13(14,15)16/h10H,5-9H2,1-4H3,(H,17,18). The Labute approximate surface area is 128 Å². The zero-order valence-corrected chi connectivity index (χ0v) is 13.3. The van der Waals surface area contributed by atoms with Crippen LogP contribution in [0.3, 0.4) is 0 Å². The molecule has 1 N–H and O–H groups in total. The van der Waals surface area contributed by atoms with E-state index in [2.05, 4.69) is 0 Å². The Morgan fingerprint density at radius 3 is 2.32 bits per heavy atom. The molecule has 0 heterocycles. The summed E-state index contributed by atoms with van der Waals surface area (Å²) in [6.07, 6.45) is -4.93. The molecule has 0 rings (SSSR count). The molecule has 0 aromatic carbocycles. The molecule has 0 aliphatic heterocycles. The van der Waals surface area contributed by atoms with Gasteiger partial charge in [0.25, 0.3) is 0 Å². The van der Waals surface area contributed by atoms with Crippen LogP contribution in [-0.4, -0.2) is 64.1 Å². The number of ether oxygens (including phenoxy) is 4. The van der Waals surface area contributed by atoms with Crippen LogP contribution in [0.5, 0.6) is 0 Å². The summed E-state index contributed by atoms with van der Waals surface area (Å²) in [5, 5.41) is 1.70. The van der Waals surface area contributed by atoms with Crippen molar-refractivity contribution in [2.75, 3.05) is 40.1 Å².